The number of amides is 1. The molecule has 3 rings (SSSR count). The maximum absolute atomic E-state index is 13.3. The van der Waals surface area contributed by atoms with Gasteiger partial charge in [0, 0.05) is 43.9 Å². The van der Waals surface area contributed by atoms with Crippen LogP contribution in [0.2, 0.25) is 0 Å². The van der Waals surface area contributed by atoms with Gasteiger partial charge in [-0.15, -0.1) is 0 Å². The zero-order valence-corrected chi connectivity index (χ0v) is 19.8. The van der Waals surface area contributed by atoms with E-state index < -0.39 is 32.7 Å². The second-order valence-corrected chi connectivity index (χ2v) is 10.2. The third-order valence-electron chi connectivity index (χ3n) is 5.09. The van der Waals surface area contributed by atoms with Crippen molar-refractivity contribution in [3.63, 3.8) is 0 Å². The number of aromatic nitrogens is 1. The number of piperidine rings is 1. The molecule has 1 aliphatic heterocycles. The number of pyridine rings is 1. The van der Waals surface area contributed by atoms with Gasteiger partial charge in [0.1, 0.15) is 5.82 Å². The number of alkyl halides is 3. The van der Waals surface area contributed by atoms with Crippen LogP contribution in [0.3, 0.4) is 0 Å². The van der Waals surface area contributed by atoms with Gasteiger partial charge in [-0.05, 0) is 43.2 Å². The molecule has 1 aliphatic rings. The highest BCUT2D eigenvalue weighted by Gasteiger charge is 2.38. The molecule has 0 radical (unpaired) electrons. The second kappa shape index (κ2) is 9.36. The van der Waals surface area contributed by atoms with E-state index in [1.165, 1.54) is 12.3 Å². The van der Waals surface area contributed by atoms with Gasteiger partial charge in [-0.3, -0.25) is 4.79 Å². The Hall–Kier alpha value is -2.18. The molecule has 2 heterocycles. The maximum Gasteiger partial charge on any atom is 0.417 e. The number of hydrogen-bond donors (Lipinski definition) is 1. The lowest BCUT2D eigenvalue weighted by molar-refractivity contribution is -0.139. The number of carbonyl (C=O) groups excluding carboxylic acids is 1. The van der Waals surface area contributed by atoms with E-state index in [0.29, 0.717) is 11.4 Å². The molecule has 12 heteroatoms. The number of carbonyl (C=O) groups is 1. The summed E-state index contributed by atoms with van der Waals surface area (Å²) in [6.45, 7) is 0.543. The molecule has 7 nitrogen and oxygen atoms in total. The molecule has 2 aromatic rings. The van der Waals surface area contributed by atoms with Crippen molar-refractivity contribution in [2.24, 2.45) is 0 Å². The summed E-state index contributed by atoms with van der Waals surface area (Å²) in [5.41, 5.74) is -0.819. The quantitative estimate of drug-likeness (QED) is 0.634. The molecule has 1 amide bonds. The summed E-state index contributed by atoms with van der Waals surface area (Å²) in [4.78, 5) is 19.5. The summed E-state index contributed by atoms with van der Waals surface area (Å²) in [6, 6.07) is 5.74. The van der Waals surface area contributed by atoms with E-state index in [9.17, 15) is 26.4 Å². The fraction of sp³-hybridized carbons (Fsp3) is 0.400. The SMILES string of the molecule is CN(C)c1ccc(C(=O)N2CCC(NS(=O)(=O)c3ccc(Br)cc3C(F)(F)F)CC2)cn1. The largest absolute Gasteiger partial charge is 0.417 e. The minimum atomic E-state index is -4.82. The minimum Gasteiger partial charge on any atom is -0.363 e. The molecule has 174 valence electrons. The van der Waals surface area contributed by atoms with Gasteiger partial charge in [0.25, 0.3) is 5.91 Å². The van der Waals surface area contributed by atoms with Gasteiger partial charge in [0.15, 0.2) is 0 Å². The number of benzene rings is 1. The van der Waals surface area contributed by atoms with Gasteiger partial charge < -0.3 is 9.80 Å². The molecule has 0 unspecified atom stereocenters. The highest BCUT2D eigenvalue weighted by molar-refractivity contribution is 9.10. The number of anilines is 1. The molecule has 0 atom stereocenters. The molecule has 1 aromatic heterocycles. The van der Waals surface area contributed by atoms with Crippen LogP contribution in [-0.2, 0) is 16.2 Å². The van der Waals surface area contributed by atoms with Crippen molar-refractivity contribution in [3.05, 3.63) is 52.1 Å². The van der Waals surface area contributed by atoms with E-state index >= 15 is 0 Å². The van der Waals surface area contributed by atoms with E-state index in [4.69, 9.17) is 0 Å². The van der Waals surface area contributed by atoms with Crippen LogP contribution in [0.25, 0.3) is 0 Å². The van der Waals surface area contributed by atoms with E-state index in [2.05, 4.69) is 25.6 Å². The molecule has 1 aromatic carbocycles. The first-order chi connectivity index (χ1) is 14.9. The van der Waals surface area contributed by atoms with Crippen molar-refractivity contribution < 1.29 is 26.4 Å². The highest BCUT2D eigenvalue weighted by atomic mass is 79.9. The van der Waals surface area contributed by atoms with Crippen molar-refractivity contribution in [1.29, 1.82) is 0 Å². The first kappa shape index (κ1) is 24.5. The van der Waals surface area contributed by atoms with Crippen molar-refractivity contribution in [1.82, 2.24) is 14.6 Å². The van der Waals surface area contributed by atoms with E-state index in [1.54, 1.807) is 17.0 Å². The normalized spacial score (nSPS) is 15.6. The molecule has 1 fully saturated rings. The third kappa shape index (κ3) is 5.59. The van der Waals surface area contributed by atoms with Gasteiger partial charge in [0.05, 0.1) is 16.0 Å². The molecule has 32 heavy (non-hydrogen) atoms. The molecule has 1 N–H and O–H groups in total. The highest BCUT2D eigenvalue weighted by Crippen LogP contribution is 2.36. The predicted molar refractivity (Wildman–Crippen MR) is 117 cm³/mol. The summed E-state index contributed by atoms with van der Waals surface area (Å²) >= 11 is 2.94. The molecular formula is C20H22BrF3N4O3S. The number of likely N-dealkylation sites (tertiary alicyclic amines) is 1. The fourth-order valence-corrected chi connectivity index (χ4v) is 5.28. The predicted octanol–water partition coefficient (Wildman–Crippen LogP) is 3.51. The number of halogens is 4. The molecule has 0 bridgehead atoms. The van der Waals surface area contributed by atoms with Crippen LogP contribution in [0.15, 0.2) is 45.9 Å². The lowest BCUT2D eigenvalue weighted by Gasteiger charge is -2.32. The van der Waals surface area contributed by atoms with Crippen LogP contribution in [0, 0.1) is 0 Å². The Bertz CT molecular complexity index is 1080. The molecule has 0 aliphatic carbocycles. The number of rotatable bonds is 5. The van der Waals surface area contributed by atoms with E-state index in [0.717, 1.165) is 12.1 Å². The van der Waals surface area contributed by atoms with Gasteiger partial charge in [0.2, 0.25) is 10.0 Å². The molecule has 1 saturated heterocycles. The monoisotopic (exact) mass is 534 g/mol. The number of nitrogens with one attached hydrogen (secondary N) is 1. The zero-order valence-electron chi connectivity index (χ0n) is 17.4. The second-order valence-electron chi connectivity index (χ2n) is 7.63. The molecule has 0 spiro atoms. The molecular weight excluding hydrogens is 513 g/mol. The Morgan fingerprint density at radius 3 is 2.38 bits per heavy atom. The van der Waals surface area contributed by atoms with Crippen LogP contribution in [0.4, 0.5) is 19.0 Å². The first-order valence-electron chi connectivity index (χ1n) is 9.70. The van der Waals surface area contributed by atoms with Crippen molar-refractivity contribution in [2.75, 3.05) is 32.1 Å². The topological polar surface area (TPSA) is 82.6 Å². The third-order valence-corrected chi connectivity index (χ3v) is 7.17. The van der Waals surface area contributed by atoms with Crippen molar-refractivity contribution in [2.45, 2.75) is 30.0 Å². The number of sulfonamides is 1. The van der Waals surface area contributed by atoms with Crippen molar-refractivity contribution in [3.8, 4) is 0 Å². The standard InChI is InChI=1S/C20H22BrF3N4O3S/c1-27(2)18-6-3-13(12-25-18)19(29)28-9-7-15(8-10-28)26-32(30,31)17-5-4-14(21)11-16(17)20(22,23)24/h3-6,11-12,15,26H,7-10H2,1-2H3. The van der Waals surface area contributed by atoms with Crippen LogP contribution in [-0.4, -0.2) is 57.4 Å². The summed E-state index contributed by atoms with van der Waals surface area (Å²) in [7, 11) is -0.732. The van der Waals surface area contributed by atoms with Gasteiger partial charge in [-0.1, -0.05) is 15.9 Å². The first-order valence-corrected chi connectivity index (χ1v) is 12.0. The van der Waals surface area contributed by atoms with E-state index in [1.807, 2.05) is 19.0 Å². The Morgan fingerprint density at radius 2 is 1.84 bits per heavy atom. The smallest absolute Gasteiger partial charge is 0.363 e. The Kier molecular flexibility index (Phi) is 7.15. The lowest BCUT2D eigenvalue weighted by atomic mass is 10.1. The van der Waals surface area contributed by atoms with Crippen LogP contribution in [0.1, 0.15) is 28.8 Å². The average Bonchev–Trinajstić information content (AvgIpc) is 2.72. The van der Waals surface area contributed by atoms with Gasteiger partial charge in [-0.2, -0.15) is 13.2 Å². The van der Waals surface area contributed by atoms with Crippen LogP contribution < -0.4 is 9.62 Å². The van der Waals surface area contributed by atoms with E-state index in [-0.39, 0.29) is 36.3 Å². The maximum atomic E-state index is 13.3. The summed E-state index contributed by atoms with van der Waals surface area (Å²) < 4.78 is 67.9. The van der Waals surface area contributed by atoms with Gasteiger partial charge >= 0.3 is 6.18 Å². The average molecular weight is 535 g/mol. The van der Waals surface area contributed by atoms with Crippen molar-refractivity contribution >= 4 is 37.7 Å². The number of nitrogens with zero attached hydrogens (tertiary/aromatic N) is 3. The molecule has 0 saturated carbocycles. The number of hydrogen-bond acceptors (Lipinski definition) is 5. The van der Waals surface area contributed by atoms with Gasteiger partial charge in [-0.25, -0.2) is 18.1 Å². The Labute approximate surface area is 192 Å². The summed E-state index contributed by atoms with van der Waals surface area (Å²) in [5.74, 6) is 0.484. The Balaban J connectivity index is 1.66. The zero-order chi connectivity index (χ0) is 23.7. The summed E-state index contributed by atoms with van der Waals surface area (Å²) in [6.07, 6.45) is -2.77. The minimum absolute atomic E-state index is 0.128. The lowest BCUT2D eigenvalue weighted by Crippen LogP contribution is -2.46. The summed E-state index contributed by atoms with van der Waals surface area (Å²) in [5, 5.41) is 0. The van der Waals surface area contributed by atoms with Crippen LogP contribution >= 0.6 is 15.9 Å². The Morgan fingerprint density at radius 1 is 1.19 bits per heavy atom. The van der Waals surface area contributed by atoms with Crippen LogP contribution in [0.5, 0.6) is 0 Å². The fourth-order valence-electron chi connectivity index (χ4n) is 3.40.